The Morgan fingerprint density at radius 2 is 1.97 bits per heavy atom. The largest absolute Gasteiger partial charge is 0.421 e. The van der Waals surface area contributed by atoms with E-state index in [-0.39, 0.29) is 23.7 Å². The van der Waals surface area contributed by atoms with Gasteiger partial charge in [-0.05, 0) is 44.0 Å². The van der Waals surface area contributed by atoms with Gasteiger partial charge in [-0.3, -0.25) is 4.79 Å². The van der Waals surface area contributed by atoms with Crippen molar-refractivity contribution >= 4 is 40.9 Å². The highest BCUT2D eigenvalue weighted by Gasteiger charge is 2.36. The van der Waals surface area contributed by atoms with Gasteiger partial charge in [0.25, 0.3) is 0 Å². The summed E-state index contributed by atoms with van der Waals surface area (Å²) >= 11 is 12.2. The van der Waals surface area contributed by atoms with Gasteiger partial charge in [-0.25, -0.2) is 4.98 Å². The number of hydrogen-bond donors (Lipinski definition) is 2. The molecule has 0 aliphatic carbocycles. The molecule has 2 aromatic rings. The first-order chi connectivity index (χ1) is 16.1. The molecule has 0 bridgehead atoms. The summed E-state index contributed by atoms with van der Waals surface area (Å²) in [6.07, 6.45) is -2.04. The lowest BCUT2D eigenvalue weighted by Crippen LogP contribution is -2.53. The molecule has 7 nitrogen and oxygen atoms in total. The minimum absolute atomic E-state index is 0.0708. The Bertz CT molecular complexity index is 1040. The van der Waals surface area contributed by atoms with Crippen molar-refractivity contribution in [1.82, 2.24) is 20.2 Å². The van der Waals surface area contributed by atoms with Crippen LogP contribution < -0.4 is 15.5 Å². The Hall–Kier alpha value is -2.30. The Labute approximate surface area is 205 Å². The van der Waals surface area contributed by atoms with Gasteiger partial charge in [0.15, 0.2) is 0 Å². The highest BCUT2D eigenvalue weighted by atomic mass is 35.5. The SMILES string of the molecule is C[C@@H](Nc1nc(N2CCN(C(=O)[C@H]3CCCN3)CC2)ncc1C(F)(F)F)c1ccc(Cl)cc1Cl. The zero-order valence-corrected chi connectivity index (χ0v) is 20.0. The zero-order valence-electron chi connectivity index (χ0n) is 18.5. The van der Waals surface area contributed by atoms with Crippen LogP contribution in [0.4, 0.5) is 24.9 Å². The van der Waals surface area contributed by atoms with Crippen LogP contribution in [0.5, 0.6) is 0 Å². The number of benzene rings is 1. The molecule has 2 N–H and O–H groups in total. The van der Waals surface area contributed by atoms with Crippen molar-refractivity contribution in [2.75, 3.05) is 42.9 Å². The van der Waals surface area contributed by atoms with E-state index in [1.807, 2.05) is 0 Å². The second-order valence-corrected chi connectivity index (χ2v) is 9.27. The van der Waals surface area contributed by atoms with Gasteiger partial charge in [-0.15, -0.1) is 0 Å². The number of aromatic nitrogens is 2. The highest BCUT2D eigenvalue weighted by Crippen LogP contribution is 2.36. The topological polar surface area (TPSA) is 73.4 Å². The van der Waals surface area contributed by atoms with Crippen LogP contribution in [0.1, 0.15) is 36.9 Å². The Morgan fingerprint density at radius 3 is 2.59 bits per heavy atom. The van der Waals surface area contributed by atoms with E-state index in [1.165, 1.54) is 6.07 Å². The molecule has 184 valence electrons. The van der Waals surface area contributed by atoms with Crippen molar-refractivity contribution < 1.29 is 18.0 Å². The van der Waals surface area contributed by atoms with Crippen LogP contribution in [0.2, 0.25) is 10.0 Å². The van der Waals surface area contributed by atoms with E-state index in [1.54, 1.807) is 28.9 Å². The summed E-state index contributed by atoms with van der Waals surface area (Å²) in [5.41, 5.74) is -0.374. The normalized spacial score (nSPS) is 19.9. The van der Waals surface area contributed by atoms with E-state index >= 15 is 0 Å². The molecule has 3 heterocycles. The molecular formula is C22H25Cl2F3N6O. The highest BCUT2D eigenvalue weighted by molar-refractivity contribution is 6.35. The number of carbonyl (C=O) groups is 1. The number of nitrogens with one attached hydrogen (secondary N) is 2. The Kier molecular flexibility index (Phi) is 7.39. The van der Waals surface area contributed by atoms with E-state index in [0.29, 0.717) is 41.8 Å². The molecule has 0 saturated carbocycles. The summed E-state index contributed by atoms with van der Waals surface area (Å²) in [4.78, 5) is 24.4. The first-order valence-electron chi connectivity index (χ1n) is 11.1. The van der Waals surface area contributed by atoms with Gasteiger partial charge in [0.2, 0.25) is 11.9 Å². The fourth-order valence-corrected chi connectivity index (χ4v) is 4.79. The number of rotatable bonds is 5. The molecule has 2 atom stereocenters. The number of anilines is 2. The number of amides is 1. The van der Waals surface area contributed by atoms with Crippen LogP contribution in [0.3, 0.4) is 0 Å². The van der Waals surface area contributed by atoms with Crippen LogP contribution >= 0.6 is 23.2 Å². The molecule has 2 aliphatic rings. The molecule has 0 spiro atoms. The lowest BCUT2D eigenvalue weighted by Gasteiger charge is -2.36. The summed E-state index contributed by atoms with van der Waals surface area (Å²) in [6, 6.07) is 4.11. The number of piperazine rings is 1. The van der Waals surface area contributed by atoms with Crippen LogP contribution in [0, 0.1) is 0 Å². The van der Waals surface area contributed by atoms with Gasteiger partial charge in [0.05, 0.1) is 12.1 Å². The van der Waals surface area contributed by atoms with Gasteiger partial charge in [-0.1, -0.05) is 29.3 Å². The van der Waals surface area contributed by atoms with Gasteiger partial charge in [0, 0.05) is 42.4 Å². The molecule has 12 heteroatoms. The van der Waals surface area contributed by atoms with Gasteiger partial charge in [-0.2, -0.15) is 18.2 Å². The molecule has 34 heavy (non-hydrogen) atoms. The third-order valence-electron chi connectivity index (χ3n) is 6.10. The maximum atomic E-state index is 13.7. The van der Waals surface area contributed by atoms with Crippen molar-refractivity contribution in [2.24, 2.45) is 0 Å². The maximum absolute atomic E-state index is 13.7. The molecule has 0 radical (unpaired) electrons. The third-order valence-corrected chi connectivity index (χ3v) is 6.66. The average molecular weight is 517 g/mol. The predicted octanol–water partition coefficient (Wildman–Crippen LogP) is 4.38. The minimum atomic E-state index is -4.64. The van der Waals surface area contributed by atoms with E-state index in [4.69, 9.17) is 23.2 Å². The number of hydrogen-bond acceptors (Lipinski definition) is 6. The van der Waals surface area contributed by atoms with Crippen molar-refractivity contribution in [3.63, 3.8) is 0 Å². The first kappa shape index (κ1) is 24.8. The van der Waals surface area contributed by atoms with Crippen LogP contribution in [-0.2, 0) is 11.0 Å². The molecule has 1 aromatic carbocycles. The molecule has 1 aromatic heterocycles. The predicted molar refractivity (Wildman–Crippen MR) is 125 cm³/mol. The van der Waals surface area contributed by atoms with Crippen LogP contribution in [0.15, 0.2) is 24.4 Å². The Balaban J connectivity index is 1.51. The fraction of sp³-hybridized carbons (Fsp3) is 0.500. The maximum Gasteiger partial charge on any atom is 0.421 e. The van der Waals surface area contributed by atoms with E-state index < -0.39 is 17.8 Å². The fourth-order valence-electron chi connectivity index (χ4n) is 4.22. The summed E-state index contributed by atoms with van der Waals surface area (Å²) < 4.78 is 41.0. The lowest BCUT2D eigenvalue weighted by atomic mass is 10.1. The monoisotopic (exact) mass is 516 g/mol. The summed E-state index contributed by atoms with van der Waals surface area (Å²) in [5.74, 6) is -0.0813. The summed E-state index contributed by atoms with van der Waals surface area (Å²) in [5, 5.41) is 6.81. The molecule has 2 saturated heterocycles. The van der Waals surface area contributed by atoms with Crippen molar-refractivity contribution in [3.05, 3.63) is 45.6 Å². The van der Waals surface area contributed by atoms with Gasteiger partial charge in [0.1, 0.15) is 11.4 Å². The van der Waals surface area contributed by atoms with Gasteiger partial charge >= 0.3 is 6.18 Å². The summed E-state index contributed by atoms with van der Waals surface area (Å²) in [6.45, 7) is 4.31. The molecular weight excluding hydrogens is 492 g/mol. The zero-order chi connectivity index (χ0) is 24.5. The third kappa shape index (κ3) is 5.50. The first-order valence-corrected chi connectivity index (χ1v) is 11.8. The smallest absolute Gasteiger partial charge is 0.363 e. The van der Waals surface area contributed by atoms with Crippen LogP contribution in [0.25, 0.3) is 0 Å². The standard InChI is InChI=1S/C22H25Cl2F3N6O/c1-13(15-5-4-14(23)11-17(15)24)30-19-16(22(25,26)27)12-29-21(31-19)33-9-7-32(8-10-33)20(34)18-3-2-6-28-18/h4-5,11-13,18,28H,2-3,6-10H2,1H3,(H,29,30,31)/t13-,18-/m1/s1. The van der Waals surface area contributed by atoms with Crippen molar-refractivity contribution in [2.45, 2.75) is 38.0 Å². The second kappa shape index (κ2) is 10.1. The van der Waals surface area contributed by atoms with Gasteiger partial charge < -0.3 is 20.4 Å². The van der Waals surface area contributed by atoms with E-state index in [2.05, 4.69) is 20.6 Å². The van der Waals surface area contributed by atoms with E-state index in [0.717, 1.165) is 25.6 Å². The number of nitrogens with zero attached hydrogens (tertiary/aromatic N) is 4. The van der Waals surface area contributed by atoms with Crippen LogP contribution in [-0.4, -0.2) is 59.5 Å². The molecule has 2 aliphatic heterocycles. The number of alkyl halides is 3. The average Bonchev–Trinajstić information content (AvgIpc) is 3.33. The van der Waals surface area contributed by atoms with E-state index in [9.17, 15) is 18.0 Å². The van der Waals surface area contributed by atoms with Crippen molar-refractivity contribution in [1.29, 1.82) is 0 Å². The molecule has 4 rings (SSSR count). The molecule has 1 amide bonds. The number of halogens is 5. The lowest BCUT2D eigenvalue weighted by molar-refractivity contribution is -0.137. The molecule has 2 fully saturated rings. The minimum Gasteiger partial charge on any atom is -0.363 e. The second-order valence-electron chi connectivity index (χ2n) is 8.42. The quantitative estimate of drug-likeness (QED) is 0.614. The summed E-state index contributed by atoms with van der Waals surface area (Å²) in [7, 11) is 0. The Morgan fingerprint density at radius 1 is 1.24 bits per heavy atom. The number of carbonyl (C=O) groups excluding carboxylic acids is 1. The van der Waals surface area contributed by atoms with Crippen molar-refractivity contribution in [3.8, 4) is 0 Å². The molecule has 0 unspecified atom stereocenters.